The zero-order valence-electron chi connectivity index (χ0n) is 12.8. The lowest BCUT2D eigenvalue weighted by molar-refractivity contribution is 0.155. The summed E-state index contributed by atoms with van der Waals surface area (Å²) in [6.07, 6.45) is 3.45. The molecule has 1 aromatic carbocycles. The van der Waals surface area contributed by atoms with Gasteiger partial charge in [0.05, 0.1) is 0 Å². The second-order valence-corrected chi connectivity index (χ2v) is 6.74. The molecule has 2 heterocycles. The molecule has 2 aromatic rings. The lowest BCUT2D eigenvalue weighted by Gasteiger charge is -2.32. The maximum absolute atomic E-state index is 6.26. The van der Waals surface area contributed by atoms with E-state index in [1.165, 1.54) is 15.3 Å². The van der Waals surface area contributed by atoms with Crippen LogP contribution in [0.15, 0.2) is 36.4 Å². The molecule has 0 radical (unpaired) electrons. The van der Waals surface area contributed by atoms with Gasteiger partial charge in [-0.3, -0.25) is 0 Å². The van der Waals surface area contributed by atoms with E-state index in [2.05, 4.69) is 55.6 Å². The fraction of sp³-hybridized carbons (Fsp3) is 0.444. The molecular formula is C18H23NOS. The number of para-hydroxylation sites is 1. The molecule has 0 aliphatic carbocycles. The van der Waals surface area contributed by atoms with Crippen molar-refractivity contribution in [3.05, 3.63) is 51.7 Å². The molecule has 1 aliphatic rings. The van der Waals surface area contributed by atoms with E-state index in [0.29, 0.717) is 6.04 Å². The van der Waals surface area contributed by atoms with Gasteiger partial charge < -0.3 is 10.1 Å². The lowest BCUT2D eigenvalue weighted by Crippen LogP contribution is -2.29. The van der Waals surface area contributed by atoms with Crippen molar-refractivity contribution in [2.45, 2.75) is 45.3 Å². The molecule has 0 fully saturated rings. The van der Waals surface area contributed by atoms with Gasteiger partial charge in [0.1, 0.15) is 11.9 Å². The smallest absolute Gasteiger partial charge is 0.135 e. The van der Waals surface area contributed by atoms with E-state index in [1.807, 2.05) is 11.3 Å². The van der Waals surface area contributed by atoms with Gasteiger partial charge in [-0.25, -0.2) is 0 Å². The molecule has 21 heavy (non-hydrogen) atoms. The quantitative estimate of drug-likeness (QED) is 0.850. The molecule has 0 bridgehead atoms. The fourth-order valence-corrected chi connectivity index (χ4v) is 3.86. The van der Waals surface area contributed by atoms with E-state index in [1.54, 1.807) is 0 Å². The summed E-state index contributed by atoms with van der Waals surface area (Å²) < 4.78 is 6.26. The zero-order chi connectivity index (χ0) is 14.7. The number of hydrogen-bond acceptors (Lipinski definition) is 3. The number of fused-ring (bicyclic) bond motifs is 1. The van der Waals surface area contributed by atoms with Gasteiger partial charge in [0.15, 0.2) is 0 Å². The highest BCUT2D eigenvalue weighted by atomic mass is 32.1. The molecule has 3 rings (SSSR count). The third-order valence-corrected chi connectivity index (χ3v) is 5.32. The van der Waals surface area contributed by atoms with Gasteiger partial charge in [0.25, 0.3) is 0 Å². The maximum atomic E-state index is 6.26. The molecular weight excluding hydrogens is 278 g/mol. The van der Waals surface area contributed by atoms with E-state index in [-0.39, 0.29) is 6.10 Å². The van der Waals surface area contributed by atoms with E-state index < -0.39 is 0 Å². The number of hydrogen-bond donors (Lipinski definition) is 1. The topological polar surface area (TPSA) is 21.3 Å². The molecule has 1 N–H and O–H groups in total. The Kier molecular flexibility index (Phi) is 4.61. The summed E-state index contributed by atoms with van der Waals surface area (Å²) in [4.78, 5) is 2.79. The zero-order valence-corrected chi connectivity index (χ0v) is 13.6. The number of ether oxygens (including phenoxy) is 1. The fourth-order valence-electron chi connectivity index (χ4n) is 2.86. The van der Waals surface area contributed by atoms with Crippen LogP contribution in [0.1, 0.15) is 54.2 Å². The van der Waals surface area contributed by atoms with Crippen molar-refractivity contribution in [3.63, 3.8) is 0 Å². The van der Waals surface area contributed by atoms with E-state index >= 15 is 0 Å². The van der Waals surface area contributed by atoms with Crippen LogP contribution in [-0.2, 0) is 6.42 Å². The normalized spacial score (nSPS) is 20.9. The Hall–Kier alpha value is -1.32. The van der Waals surface area contributed by atoms with Crippen LogP contribution >= 0.6 is 11.3 Å². The summed E-state index contributed by atoms with van der Waals surface area (Å²) in [7, 11) is 0. The molecule has 112 valence electrons. The Morgan fingerprint density at radius 1 is 1.19 bits per heavy atom. The first-order chi connectivity index (χ1) is 10.3. The molecule has 3 heteroatoms. The third-order valence-electron chi connectivity index (χ3n) is 4.00. The molecule has 2 unspecified atom stereocenters. The van der Waals surface area contributed by atoms with Crippen molar-refractivity contribution in [2.75, 3.05) is 6.54 Å². The molecule has 0 saturated heterocycles. The Morgan fingerprint density at radius 2 is 2.05 bits per heavy atom. The summed E-state index contributed by atoms with van der Waals surface area (Å²) in [5.41, 5.74) is 1.30. The van der Waals surface area contributed by atoms with Gasteiger partial charge in [-0.1, -0.05) is 32.0 Å². The van der Waals surface area contributed by atoms with Crippen LogP contribution in [0.3, 0.4) is 0 Å². The predicted molar refractivity (Wildman–Crippen MR) is 89.2 cm³/mol. The van der Waals surface area contributed by atoms with Gasteiger partial charge in [-0.05, 0) is 37.6 Å². The molecule has 0 saturated carbocycles. The average Bonchev–Trinajstić information content (AvgIpc) is 3.01. The SMILES string of the molecule is CCCNC1CC(c2ccc(CC)s2)Oc2ccccc21. The van der Waals surface area contributed by atoms with Crippen LogP contribution in [0.2, 0.25) is 0 Å². The van der Waals surface area contributed by atoms with Gasteiger partial charge in [-0.2, -0.15) is 0 Å². The minimum Gasteiger partial charge on any atom is -0.484 e. The number of nitrogens with one attached hydrogen (secondary N) is 1. The molecule has 0 spiro atoms. The third kappa shape index (κ3) is 3.14. The summed E-state index contributed by atoms with van der Waals surface area (Å²) >= 11 is 1.89. The predicted octanol–water partition coefficient (Wildman–Crippen LogP) is 4.88. The average molecular weight is 301 g/mol. The highest BCUT2D eigenvalue weighted by Crippen LogP contribution is 2.42. The largest absolute Gasteiger partial charge is 0.484 e. The van der Waals surface area contributed by atoms with Crippen molar-refractivity contribution in [1.82, 2.24) is 5.32 Å². The lowest BCUT2D eigenvalue weighted by atomic mass is 9.95. The van der Waals surface area contributed by atoms with Crippen molar-refractivity contribution in [1.29, 1.82) is 0 Å². The number of aryl methyl sites for hydroxylation is 1. The summed E-state index contributed by atoms with van der Waals surface area (Å²) in [6.45, 7) is 5.47. The van der Waals surface area contributed by atoms with Gasteiger partial charge in [0, 0.05) is 27.8 Å². The van der Waals surface area contributed by atoms with Crippen LogP contribution in [0.4, 0.5) is 0 Å². The van der Waals surface area contributed by atoms with Gasteiger partial charge in [0.2, 0.25) is 0 Å². The van der Waals surface area contributed by atoms with Crippen molar-refractivity contribution >= 4 is 11.3 Å². The first-order valence-electron chi connectivity index (χ1n) is 7.89. The van der Waals surface area contributed by atoms with Crippen LogP contribution in [-0.4, -0.2) is 6.54 Å². The monoisotopic (exact) mass is 301 g/mol. The second-order valence-electron chi connectivity index (χ2n) is 5.54. The molecule has 0 amide bonds. The molecule has 2 atom stereocenters. The van der Waals surface area contributed by atoms with Gasteiger partial charge >= 0.3 is 0 Å². The number of benzene rings is 1. The highest BCUT2D eigenvalue weighted by Gasteiger charge is 2.29. The summed E-state index contributed by atoms with van der Waals surface area (Å²) in [5.74, 6) is 1.04. The molecule has 1 aliphatic heterocycles. The highest BCUT2D eigenvalue weighted by molar-refractivity contribution is 7.12. The van der Waals surface area contributed by atoms with Crippen LogP contribution < -0.4 is 10.1 Å². The Balaban J connectivity index is 1.85. The standard InChI is InChI=1S/C18H23NOS/c1-3-11-19-15-12-17(18-10-9-13(4-2)21-18)20-16-8-6-5-7-14(15)16/h5-10,15,17,19H,3-4,11-12H2,1-2H3. The Labute approximate surface area is 131 Å². The molecule has 2 nitrogen and oxygen atoms in total. The number of thiophene rings is 1. The van der Waals surface area contributed by atoms with E-state index in [0.717, 1.165) is 31.6 Å². The van der Waals surface area contributed by atoms with Crippen LogP contribution in [0.5, 0.6) is 5.75 Å². The minimum absolute atomic E-state index is 0.180. The first-order valence-corrected chi connectivity index (χ1v) is 8.71. The van der Waals surface area contributed by atoms with Gasteiger partial charge in [-0.15, -0.1) is 11.3 Å². The van der Waals surface area contributed by atoms with Crippen LogP contribution in [0, 0.1) is 0 Å². The maximum Gasteiger partial charge on any atom is 0.135 e. The van der Waals surface area contributed by atoms with Crippen molar-refractivity contribution in [3.8, 4) is 5.75 Å². The number of rotatable bonds is 5. The minimum atomic E-state index is 0.180. The summed E-state index contributed by atoms with van der Waals surface area (Å²) in [5, 5.41) is 3.67. The Morgan fingerprint density at radius 3 is 2.81 bits per heavy atom. The second kappa shape index (κ2) is 6.63. The van der Waals surface area contributed by atoms with E-state index in [9.17, 15) is 0 Å². The van der Waals surface area contributed by atoms with E-state index in [4.69, 9.17) is 4.74 Å². The molecule has 1 aromatic heterocycles. The van der Waals surface area contributed by atoms with Crippen LogP contribution in [0.25, 0.3) is 0 Å². The van der Waals surface area contributed by atoms with Crippen molar-refractivity contribution in [2.24, 2.45) is 0 Å². The van der Waals surface area contributed by atoms with Crippen molar-refractivity contribution < 1.29 is 4.74 Å². The Bertz CT molecular complexity index is 592. The summed E-state index contributed by atoms with van der Waals surface area (Å²) in [6, 6.07) is 13.3. The first kappa shape index (κ1) is 14.6.